The third-order valence-corrected chi connectivity index (χ3v) is 6.47. The molecule has 1 aromatic carbocycles. The van der Waals surface area contributed by atoms with Crippen LogP contribution in [0.5, 0.6) is 0 Å². The zero-order valence-electron chi connectivity index (χ0n) is 16.9. The number of hydrogen-bond acceptors (Lipinski definition) is 3. The molecule has 4 rings (SSSR count). The van der Waals surface area contributed by atoms with Gasteiger partial charge in [-0.25, -0.2) is 0 Å². The predicted octanol–water partition coefficient (Wildman–Crippen LogP) is 5.93. The van der Waals surface area contributed by atoms with Crippen LogP contribution in [0.4, 0.5) is 0 Å². The zero-order chi connectivity index (χ0) is 19.6. The Morgan fingerprint density at radius 2 is 1.89 bits per heavy atom. The lowest BCUT2D eigenvalue weighted by Crippen LogP contribution is -2.10. The summed E-state index contributed by atoms with van der Waals surface area (Å²) in [6, 6.07) is 12.2. The quantitative estimate of drug-likeness (QED) is 0.443. The molecular weight excluding hydrogens is 348 g/mol. The molecule has 2 aromatic rings. The largest absolute Gasteiger partial charge is 0.469 e. The van der Waals surface area contributed by atoms with Crippen molar-refractivity contribution in [1.29, 1.82) is 0 Å². The molecular formula is C25H30O3. The maximum absolute atomic E-state index is 12.6. The van der Waals surface area contributed by atoms with Gasteiger partial charge in [-0.15, -0.1) is 0 Å². The SMILES string of the molecule is CC1(C)C(/C=C/C2CCCC2)C1C(=O)OCc1coc(Cc2ccccc2)c1. The van der Waals surface area contributed by atoms with E-state index in [2.05, 4.69) is 38.1 Å². The summed E-state index contributed by atoms with van der Waals surface area (Å²) in [6.07, 6.45) is 12.3. The molecule has 1 heterocycles. The minimum Gasteiger partial charge on any atom is -0.469 e. The molecule has 0 radical (unpaired) electrons. The van der Waals surface area contributed by atoms with E-state index >= 15 is 0 Å². The van der Waals surface area contributed by atoms with Crippen molar-refractivity contribution in [3.05, 3.63) is 71.7 Å². The van der Waals surface area contributed by atoms with E-state index in [0.29, 0.717) is 11.8 Å². The number of furan rings is 1. The van der Waals surface area contributed by atoms with E-state index in [-0.39, 0.29) is 23.9 Å². The van der Waals surface area contributed by atoms with Gasteiger partial charge in [0.15, 0.2) is 0 Å². The average Bonchev–Trinajstić information content (AvgIpc) is 3.13. The van der Waals surface area contributed by atoms with Crippen molar-refractivity contribution in [3.8, 4) is 0 Å². The smallest absolute Gasteiger partial charge is 0.310 e. The second-order valence-corrected chi connectivity index (χ2v) is 8.95. The number of benzene rings is 1. The Hall–Kier alpha value is -2.29. The first-order valence-electron chi connectivity index (χ1n) is 10.5. The summed E-state index contributed by atoms with van der Waals surface area (Å²) >= 11 is 0. The van der Waals surface area contributed by atoms with Crippen molar-refractivity contribution < 1.29 is 13.9 Å². The van der Waals surface area contributed by atoms with E-state index in [0.717, 1.165) is 17.7 Å². The van der Waals surface area contributed by atoms with Crippen LogP contribution in [0, 0.1) is 23.2 Å². The van der Waals surface area contributed by atoms with Crippen molar-refractivity contribution in [2.75, 3.05) is 0 Å². The summed E-state index contributed by atoms with van der Waals surface area (Å²) in [6.45, 7) is 4.61. The summed E-state index contributed by atoms with van der Waals surface area (Å²) in [5.74, 6) is 1.79. The molecule has 2 aliphatic rings. The second-order valence-electron chi connectivity index (χ2n) is 8.95. The van der Waals surface area contributed by atoms with Crippen molar-refractivity contribution in [1.82, 2.24) is 0 Å². The van der Waals surface area contributed by atoms with Crippen molar-refractivity contribution in [2.24, 2.45) is 23.2 Å². The fourth-order valence-corrected chi connectivity index (χ4v) is 4.55. The van der Waals surface area contributed by atoms with Crippen molar-refractivity contribution in [3.63, 3.8) is 0 Å². The van der Waals surface area contributed by atoms with E-state index in [1.54, 1.807) is 6.26 Å². The minimum absolute atomic E-state index is 0.00105. The Bertz CT molecular complexity index is 824. The van der Waals surface area contributed by atoms with Crippen LogP contribution in [0.25, 0.3) is 0 Å². The molecule has 28 heavy (non-hydrogen) atoms. The Labute approximate surface area is 167 Å². The van der Waals surface area contributed by atoms with Crippen LogP contribution in [0.15, 0.2) is 59.2 Å². The van der Waals surface area contributed by atoms with Crippen LogP contribution in [0.2, 0.25) is 0 Å². The topological polar surface area (TPSA) is 39.4 Å². The van der Waals surface area contributed by atoms with Crippen LogP contribution in [0.1, 0.15) is 56.4 Å². The van der Waals surface area contributed by atoms with Gasteiger partial charge >= 0.3 is 5.97 Å². The van der Waals surface area contributed by atoms with Crippen LogP contribution >= 0.6 is 0 Å². The molecule has 3 heteroatoms. The van der Waals surface area contributed by atoms with E-state index in [4.69, 9.17) is 9.15 Å². The first kappa shape index (κ1) is 19.0. The summed E-state index contributed by atoms with van der Waals surface area (Å²) in [5, 5.41) is 0. The molecule has 148 valence electrons. The maximum atomic E-state index is 12.6. The fourth-order valence-electron chi connectivity index (χ4n) is 4.55. The highest BCUT2D eigenvalue weighted by Gasteiger charge is 2.61. The predicted molar refractivity (Wildman–Crippen MR) is 110 cm³/mol. The lowest BCUT2D eigenvalue weighted by molar-refractivity contribution is -0.147. The normalized spacial score (nSPS) is 23.9. The number of rotatable bonds is 7. The Balaban J connectivity index is 1.28. The number of ether oxygens (including phenoxy) is 1. The molecule has 2 atom stereocenters. The van der Waals surface area contributed by atoms with E-state index in [9.17, 15) is 4.79 Å². The number of esters is 1. The summed E-state index contributed by atoms with van der Waals surface area (Å²) in [4.78, 5) is 12.6. The molecule has 0 aliphatic heterocycles. The monoisotopic (exact) mass is 378 g/mol. The molecule has 0 amide bonds. The first-order valence-corrected chi connectivity index (χ1v) is 10.5. The maximum Gasteiger partial charge on any atom is 0.310 e. The summed E-state index contributed by atoms with van der Waals surface area (Å²) < 4.78 is 11.3. The van der Waals surface area contributed by atoms with Crippen LogP contribution in [-0.4, -0.2) is 5.97 Å². The van der Waals surface area contributed by atoms with Gasteiger partial charge in [-0.3, -0.25) is 4.79 Å². The molecule has 2 aliphatic carbocycles. The summed E-state index contributed by atoms with van der Waals surface area (Å²) in [7, 11) is 0. The van der Waals surface area contributed by atoms with Crippen molar-refractivity contribution in [2.45, 2.75) is 52.6 Å². The molecule has 0 N–H and O–H groups in total. The molecule has 0 saturated heterocycles. The van der Waals surface area contributed by atoms with E-state index in [1.807, 2.05) is 24.3 Å². The average molecular weight is 379 g/mol. The zero-order valence-corrected chi connectivity index (χ0v) is 16.9. The number of carbonyl (C=O) groups excluding carboxylic acids is 1. The molecule has 1 aromatic heterocycles. The van der Waals surface area contributed by atoms with Gasteiger partial charge in [-0.05, 0) is 41.7 Å². The summed E-state index contributed by atoms with van der Waals surface area (Å²) in [5.41, 5.74) is 2.12. The van der Waals surface area contributed by atoms with Gasteiger partial charge < -0.3 is 9.15 Å². The van der Waals surface area contributed by atoms with E-state index < -0.39 is 0 Å². The Morgan fingerprint density at radius 1 is 1.14 bits per heavy atom. The van der Waals surface area contributed by atoms with Crippen molar-refractivity contribution >= 4 is 5.97 Å². The van der Waals surface area contributed by atoms with Gasteiger partial charge in [0.05, 0.1) is 12.2 Å². The van der Waals surface area contributed by atoms with Crippen LogP contribution in [0.3, 0.4) is 0 Å². The number of carbonyl (C=O) groups is 1. The highest BCUT2D eigenvalue weighted by atomic mass is 16.5. The lowest BCUT2D eigenvalue weighted by atomic mass is 10.0. The lowest BCUT2D eigenvalue weighted by Gasteiger charge is -2.03. The Kier molecular flexibility index (Phi) is 5.43. The minimum atomic E-state index is -0.0862. The standard InChI is InChI=1S/C25H30O3/c1-25(2)22(13-12-18-8-6-7-9-18)23(25)24(26)28-17-20-15-21(27-16-20)14-19-10-4-3-5-11-19/h3-5,10-13,15-16,18,22-23H,6-9,14,17H2,1-2H3/b13-12+. The molecule has 0 spiro atoms. The Morgan fingerprint density at radius 3 is 2.64 bits per heavy atom. The highest BCUT2D eigenvalue weighted by Crippen LogP contribution is 2.59. The first-order chi connectivity index (χ1) is 13.5. The van der Waals surface area contributed by atoms with Gasteiger partial charge in [-0.1, -0.05) is 69.2 Å². The molecule has 2 saturated carbocycles. The van der Waals surface area contributed by atoms with Gasteiger partial charge in [-0.2, -0.15) is 0 Å². The number of allylic oxidation sites excluding steroid dienone is 2. The molecule has 2 unspecified atom stereocenters. The van der Waals surface area contributed by atoms with Crippen LogP contribution < -0.4 is 0 Å². The van der Waals surface area contributed by atoms with E-state index in [1.165, 1.54) is 31.2 Å². The van der Waals surface area contributed by atoms with Gasteiger partial charge in [0, 0.05) is 12.0 Å². The third-order valence-electron chi connectivity index (χ3n) is 6.47. The molecule has 2 fully saturated rings. The van der Waals surface area contributed by atoms with Gasteiger partial charge in [0.1, 0.15) is 12.4 Å². The number of hydrogen-bond donors (Lipinski definition) is 0. The highest BCUT2D eigenvalue weighted by molar-refractivity contribution is 5.78. The van der Waals surface area contributed by atoms with Gasteiger partial charge in [0.25, 0.3) is 0 Å². The molecule has 3 nitrogen and oxygen atoms in total. The van der Waals surface area contributed by atoms with Gasteiger partial charge in [0.2, 0.25) is 0 Å². The third kappa shape index (κ3) is 4.24. The second kappa shape index (κ2) is 7.98. The fraction of sp³-hybridized carbons (Fsp3) is 0.480. The molecule has 0 bridgehead atoms. The van der Waals surface area contributed by atoms with Crippen LogP contribution in [-0.2, 0) is 22.6 Å².